The van der Waals surface area contributed by atoms with Crippen LogP contribution in [0.15, 0.2) is 30.5 Å². The molecule has 3 rings (SSSR count). The van der Waals surface area contributed by atoms with Gasteiger partial charge in [-0.25, -0.2) is 0 Å². The van der Waals surface area contributed by atoms with Crippen LogP contribution < -0.4 is 5.32 Å². The second-order valence-corrected chi connectivity index (χ2v) is 7.30. The van der Waals surface area contributed by atoms with E-state index in [2.05, 4.69) is 10.4 Å². The molecule has 0 spiro atoms. The molecule has 0 radical (unpaired) electrons. The van der Waals surface area contributed by atoms with E-state index in [4.69, 9.17) is 11.6 Å². The van der Waals surface area contributed by atoms with Gasteiger partial charge in [0.25, 0.3) is 0 Å². The van der Waals surface area contributed by atoms with Crippen LogP contribution in [-0.4, -0.2) is 38.5 Å². The number of rotatable bonds is 5. The Balaban J connectivity index is 1.73. The standard InChI is InChI=1S/C16H20ClN3OS/c1-20-9-12(8-18-10-16(21)6-7-22-11-16)15(19-20)13-4-2-3-5-14(13)17/h2-5,9,18,21H,6-8,10-11H2,1H3. The molecule has 1 saturated heterocycles. The first kappa shape index (κ1) is 15.9. The molecule has 1 aromatic carbocycles. The molecule has 1 aliphatic heterocycles. The zero-order valence-electron chi connectivity index (χ0n) is 12.6. The summed E-state index contributed by atoms with van der Waals surface area (Å²) in [5.74, 6) is 1.85. The number of benzene rings is 1. The molecule has 0 bridgehead atoms. The number of hydrogen-bond donors (Lipinski definition) is 2. The minimum absolute atomic E-state index is 0.572. The van der Waals surface area contributed by atoms with E-state index in [1.807, 2.05) is 49.3 Å². The highest BCUT2D eigenvalue weighted by molar-refractivity contribution is 7.99. The zero-order valence-corrected chi connectivity index (χ0v) is 14.1. The Morgan fingerprint density at radius 1 is 1.45 bits per heavy atom. The van der Waals surface area contributed by atoms with Gasteiger partial charge < -0.3 is 10.4 Å². The number of nitrogens with zero attached hydrogens (tertiary/aromatic N) is 2. The highest BCUT2D eigenvalue weighted by atomic mass is 35.5. The van der Waals surface area contributed by atoms with E-state index < -0.39 is 5.60 Å². The van der Waals surface area contributed by atoms with E-state index in [9.17, 15) is 5.11 Å². The summed E-state index contributed by atoms with van der Waals surface area (Å²) in [4.78, 5) is 0. The predicted octanol–water partition coefficient (Wildman–Crippen LogP) is 2.70. The summed E-state index contributed by atoms with van der Waals surface area (Å²) in [5.41, 5.74) is 2.35. The lowest BCUT2D eigenvalue weighted by molar-refractivity contribution is 0.0675. The van der Waals surface area contributed by atoms with Crippen LogP contribution in [0.25, 0.3) is 11.3 Å². The lowest BCUT2D eigenvalue weighted by atomic mass is 10.0. The van der Waals surface area contributed by atoms with E-state index in [1.165, 1.54) is 0 Å². The summed E-state index contributed by atoms with van der Waals surface area (Å²) < 4.78 is 1.80. The molecule has 0 amide bonds. The molecule has 2 heterocycles. The monoisotopic (exact) mass is 337 g/mol. The minimum Gasteiger partial charge on any atom is -0.388 e. The van der Waals surface area contributed by atoms with E-state index in [-0.39, 0.29) is 0 Å². The summed E-state index contributed by atoms with van der Waals surface area (Å²) >= 11 is 8.10. The Labute approximate surface area is 139 Å². The van der Waals surface area contributed by atoms with Gasteiger partial charge in [-0.05, 0) is 18.2 Å². The highest BCUT2D eigenvalue weighted by Crippen LogP contribution is 2.30. The average Bonchev–Trinajstić information content (AvgIpc) is 3.06. The molecular formula is C16H20ClN3OS. The molecule has 1 aliphatic rings. The van der Waals surface area contributed by atoms with Gasteiger partial charge in [0.2, 0.25) is 0 Å². The third-order valence-corrected chi connectivity index (χ3v) is 5.45. The van der Waals surface area contributed by atoms with Gasteiger partial charge in [0.15, 0.2) is 0 Å². The topological polar surface area (TPSA) is 50.1 Å². The van der Waals surface area contributed by atoms with Crippen LogP contribution in [0.4, 0.5) is 0 Å². The SMILES string of the molecule is Cn1cc(CNCC2(O)CCSC2)c(-c2ccccc2Cl)n1. The normalized spacial score (nSPS) is 21.4. The van der Waals surface area contributed by atoms with Crippen LogP contribution in [0.2, 0.25) is 5.02 Å². The molecule has 1 unspecified atom stereocenters. The summed E-state index contributed by atoms with van der Waals surface area (Å²) in [7, 11) is 1.91. The highest BCUT2D eigenvalue weighted by Gasteiger charge is 2.31. The van der Waals surface area contributed by atoms with Gasteiger partial charge in [-0.3, -0.25) is 4.68 Å². The van der Waals surface area contributed by atoms with Crippen molar-refractivity contribution in [3.8, 4) is 11.3 Å². The summed E-state index contributed by atoms with van der Waals surface area (Å²) in [6.45, 7) is 1.28. The maximum Gasteiger partial charge on any atom is 0.0982 e. The minimum atomic E-state index is -0.572. The number of aromatic nitrogens is 2. The van der Waals surface area contributed by atoms with Crippen molar-refractivity contribution in [1.29, 1.82) is 0 Å². The predicted molar refractivity (Wildman–Crippen MR) is 92.3 cm³/mol. The zero-order chi connectivity index (χ0) is 15.6. The number of thioether (sulfide) groups is 1. The van der Waals surface area contributed by atoms with E-state index >= 15 is 0 Å². The lowest BCUT2D eigenvalue weighted by Gasteiger charge is -2.21. The van der Waals surface area contributed by atoms with Crippen molar-refractivity contribution in [1.82, 2.24) is 15.1 Å². The lowest BCUT2D eigenvalue weighted by Crippen LogP contribution is -2.40. The van der Waals surface area contributed by atoms with Gasteiger partial charge >= 0.3 is 0 Å². The second-order valence-electron chi connectivity index (χ2n) is 5.79. The molecule has 1 atom stereocenters. The molecule has 2 N–H and O–H groups in total. The quantitative estimate of drug-likeness (QED) is 0.880. The molecule has 1 fully saturated rings. The molecule has 1 aromatic heterocycles. The Hall–Kier alpha value is -1.01. The Morgan fingerprint density at radius 2 is 2.27 bits per heavy atom. The summed E-state index contributed by atoms with van der Waals surface area (Å²) in [6.07, 6.45) is 2.86. The van der Waals surface area contributed by atoms with E-state index in [0.29, 0.717) is 18.1 Å². The van der Waals surface area contributed by atoms with Crippen LogP contribution in [0.3, 0.4) is 0 Å². The van der Waals surface area contributed by atoms with Gasteiger partial charge in [0.05, 0.1) is 16.3 Å². The van der Waals surface area contributed by atoms with E-state index in [0.717, 1.165) is 34.7 Å². The van der Waals surface area contributed by atoms with Gasteiger partial charge in [-0.2, -0.15) is 16.9 Å². The number of nitrogens with one attached hydrogen (secondary N) is 1. The number of aliphatic hydroxyl groups is 1. The van der Waals surface area contributed by atoms with Gasteiger partial charge in [0.1, 0.15) is 0 Å². The Kier molecular flexibility index (Phi) is 4.78. The Bertz CT molecular complexity index is 653. The molecule has 6 heteroatoms. The van der Waals surface area contributed by atoms with Crippen LogP contribution in [0.1, 0.15) is 12.0 Å². The van der Waals surface area contributed by atoms with Gasteiger partial charge in [0, 0.05) is 43.2 Å². The number of hydrogen-bond acceptors (Lipinski definition) is 4. The Morgan fingerprint density at radius 3 is 3.00 bits per heavy atom. The van der Waals surface area contributed by atoms with Crippen molar-refractivity contribution >= 4 is 23.4 Å². The number of aryl methyl sites for hydroxylation is 1. The van der Waals surface area contributed by atoms with Crippen LogP contribution in [0.5, 0.6) is 0 Å². The van der Waals surface area contributed by atoms with Gasteiger partial charge in [-0.15, -0.1) is 0 Å². The first-order valence-corrected chi connectivity index (χ1v) is 8.89. The first-order chi connectivity index (χ1) is 10.6. The maximum absolute atomic E-state index is 10.4. The molecule has 0 saturated carbocycles. The fourth-order valence-corrected chi connectivity index (χ4v) is 4.23. The third kappa shape index (κ3) is 3.49. The van der Waals surface area contributed by atoms with Crippen LogP contribution >= 0.6 is 23.4 Å². The van der Waals surface area contributed by atoms with Gasteiger partial charge in [-0.1, -0.05) is 29.8 Å². The van der Waals surface area contributed by atoms with Crippen molar-refractivity contribution in [2.24, 2.45) is 7.05 Å². The third-order valence-electron chi connectivity index (χ3n) is 3.89. The summed E-state index contributed by atoms with van der Waals surface area (Å²) in [6, 6.07) is 7.74. The molecular weight excluding hydrogens is 318 g/mol. The maximum atomic E-state index is 10.4. The van der Waals surface area contributed by atoms with Crippen molar-refractivity contribution in [2.45, 2.75) is 18.6 Å². The molecule has 0 aliphatic carbocycles. The van der Waals surface area contributed by atoms with Crippen molar-refractivity contribution in [3.63, 3.8) is 0 Å². The molecule has 118 valence electrons. The van der Waals surface area contributed by atoms with Crippen molar-refractivity contribution in [3.05, 3.63) is 41.0 Å². The fraction of sp³-hybridized carbons (Fsp3) is 0.438. The molecule has 2 aromatic rings. The average molecular weight is 338 g/mol. The molecule has 4 nitrogen and oxygen atoms in total. The summed E-state index contributed by atoms with van der Waals surface area (Å²) in [5, 5.41) is 19.0. The fourth-order valence-electron chi connectivity index (χ4n) is 2.71. The number of halogens is 1. The van der Waals surface area contributed by atoms with E-state index in [1.54, 1.807) is 4.68 Å². The second kappa shape index (κ2) is 6.62. The smallest absolute Gasteiger partial charge is 0.0982 e. The van der Waals surface area contributed by atoms with Crippen molar-refractivity contribution in [2.75, 3.05) is 18.1 Å². The van der Waals surface area contributed by atoms with Crippen LogP contribution in [-0.2, 0) is 13.6 Å². The first-order valence-electron chi connectivity index (χ1n) is 7.36. The molecule has 22 heavy (non-hydrogen) atoms. The van der Waals surface area contributed by atoms with Crippen molar-refractivity contribution < 1.29 is 5.11 Å². The largest absolute Gasteiger partial charge is 0.388 e. The van der Waals surface area contributed by atoms with Crippen LogP contribution in [0, 0.1) is 0 Å².